The molecule has 1 aromatic carbocycles. The molecule has 2 nitrogen and oxygen atoms in total. The molecule has 1 unspecified atom stereocenters. The third kappa shape index (κ3) is 3.27. The van der Waals surface area contributed by atoms with Crippen LogP contribution >= 0.6 is 15.9 Å². The first-order valence-corrected chi connectivity index (χ1v) is 7.66. The van der Waals surface area contributed by atoms with Crippen LogP contribution in [0.5, 0.6) is 0 Å². The number of anilines is 1. The third-order valence-corrected chi connectivity index (χ3v) is 4.49. The van der Waals surface area contributed by atoms with Crippen molar-refractivity contribution < 1.29 is 0 Å². The molecule has 1 saturated carbocycles. The normalized spacial score (nSPS) is 16.7. The molecule has 0 spiro atoms. The average Bonchev–Trinajstić information content (AvgIpc) is 3.19. The van der Waals surface area contributed by atoms with E-state index in [1.165, 1.54) is 35.1 Å². The van der Waals surface area contributed by atoms with Crippen LogP contribution in [-0.4, -0.2) is 20.1 Å². The van der Waals surface area contributed by atoms with Crippen molar-refractivity contribution >= 4 is 21.6 Å². The largest absolute Gasteiger partial charge is 0.372 e. The van der Waals surface area contributed by atoms with E-state index in [1.54, 1.807) is 0 Å². The molecule has 0 heterocycles. The Hall–Kier alpha value is -0.540. The molecule has 1 atom stereocenters. The van der Waals surface area contributed by atoms with Crippen LogP contribution in [0.25, 0.3) is 0 Å². The maximum absolute atomic E-state index is 3.70. The van der Waals surface area contributed by atoms with E-state index < -0.39 is 0 Å². The zero-order valence-electron chi connectivity index (χ0n) is 11.5. The predicted molar refractivity (Wildman–Crippen MR) is 82.2 cm³/mol. The maximum Gasteiger partial charge on any atom is 0.0377 e. The first kappa shape index (κ1) is 13.9. The Labute approximate surface area is 119 Å². The predicted octanol–water partition coefficient (Wildman–Crippen LogP) is 3.97. The summed E-state index contributed by atoms with van der Waals surface area (Å²) in [6.45, 7) is 6.72. The van der Waals surface area contributed by atoms with Crippen LogP contribution in [0.2, 0.25) is 0 Å². The molecule has 0 radical (unpaired) electrons. The van der Waals surface area contributed by atoms with Gasteiger partial charge in [-0.2, -0.15) is 0 Å². The Kier molecular flexibility index (Phi) is 4.68. The van der Waals surface area contributed by atoms with Gasteiger partial charge in [-0.05, 0) is 57.4 Å². The molecule has 1 aliphatic carbocycles. The van der Waals surface area contributed by atoms with E-state index >= 15 is 0 Å². The molecule has 0 saturated heterocycles. The highest BCUT2D eigenvalue weighted by Crippen LogP contribution is 2.33. The molecule has 0 aromatic heterocycles. The second-order valence-corrected chi connectivity index (χ2v) is 6.05. The van der Waals surface area contributed by atoms with Crippen LogP contribution in [0.4, 0.5) is 5.69 Å². The van der Waals surface area contributed by atoms with Gasteiger partial charge in [0.1, 0.15) is 0 Å². The lowest BCUT2D eigenvalue weighted by Crippen LogP contribution is -2.25. The van der Waals surface area contributed by atoms with Crippen LogP contribution in [0, 0.1) is 5.92 Å². The van der Waals surface area contributed by atoms with Crippen molar-refractivity contribution in [3.8, 4) is 0 Å². The van der Waals surface area contributed by atoms with Gasteiger partial charge in [-0.3, -0.25) is 0 Å². The molecule has 3 heteroatoms. The minimum absolute atomic E-state index is 0.381. The fourth-order valence-corrected chi connectivity index (χ4v) is 2.96. The highest BCUT2D eigenvalue weighted by Gasteiger charge is 2.24. The third-order valence-electron chi connectivity index (χ3n) is 3.81. The summed E-state index contributed by atoms with van der Waals surface area (Å²) in [4.78, 5) is 2.48. The van der Waals surface area contributed by atoms with Gasteiger partial charge in [0.25, 0.3) is 0 Å². The minimum atomic E-state index is 0.381. The fraction of sp³-hybridized carbons (Fsp3) is 0.600. The summed E-state index contributed by atoms with van der Waals surface area (Å²) in [5.41, 5.74) is 2.66. The molecule has 100 valence electrons. The molecule has 1 aromatic rings. The van der Waals surface area contributed by atoms with Gasteiger partial charge in [0.05, 0.1) is 0 Å². The number of nitrogens with one attached hydrogen (secondary N) is 1. The number of rotatable bonds is 6. The molecular formula is C15H23BrN2. The van der Waals surface area contributed by atoms with Gasteiger partial charge >= 0.3 is 0 Å². The molecular weight excluding hydrogens is 288 g/mol. The Morgan fingerprint density at radius 2 is 2.17 bits per heavy atom. The van der Waals surface area contributed by atoms with Crippen LogP contribution in [0.3, 0.4) is 0 Å². The Bertz CT molecular complexity index is 401. The van der Waals surface area contributed by atoms with Crippen LogP contribution in [0.15, 0.2) is 22.7 Å². The zero-order valence-corrected chi connectivity index (χ0v) is 13.1. The molecule has 0 amide bonds. The van der Waals surface area contributed by atoms with Crippen molar-refractivity contribution in [3.63, 3.8) is 0 Å². The number of hydrogen-bond acceptors (Lipinski definition) is 2. The monoisotopic (exact) mass is 310 g/mol. The standard InChI is InChI=1S/C15H23BrN2/c1-4-18(10-12-5-6-12)13-7-8-14(11(2)17-3)15(16)9-13/h7-9,11-12,17H,4-6,10H2,1-3H3. The van der Waals surface area contributed by atoms with Gasteiger partial charge in [0.15, 0.2) is 0 Å². The van der Waals surface area contributed by atoms with Crippen LogP contribution in [-0.2, 0) is 0 Å². The van der Waals surface area contributed by atoms with Crippen molar-refractivity contribution in [1.82, 2.24) is 5.32 Å². The fourth-order valence-electron chi connectivity index (χ4n) is 2.25. The van der Waals surface area contributed by atoms with E-state index in [-0.39, 0.29) is 0 Å². The van der Waals surface area contributed by atoms with E-state index in [4.69, 9.17) is 0 Å². The highest BCUT2D eigenvalue weighted by atomic mass is 79.9. The van der Waals surface area contributed by atoms with E-state index in [0.29, 0.717) is 6.04 Å². The summed E-state index contributed by atoms with van der Waals surface area (Å²) in [6, 6.07) is 7.12. The van der Waals surface area contributed by atoms with E-state index in [9.17, 15) is 0 Å². The van der Waals surface area contributed by atoms with Crippen LogP contribution < -0.4 is 10.2 Å². The molecule has 1 fully saturated rings. The van der Waals surface area contributed by atoms with E-state index in [1.807, 2.05) is 7.05 Å². The second kappa shape index (κ2) is 6.07. The SMILES string of the molecule is CCN(CC1CC1)c1ccc(C(C)NC)c(Br)c1. The molecule has 1 aliphatic rings. The van der Waals surface area contributed by atoms with Crippen molar-refractivity contribution in [2.24, 2.45) is 5.92 Å². The maximum atomic E-state index is 3.70. The van der Waals surface area contributed by atoms with Crippen LogP contribution in [0.1, 0.15) is 38.3 Å². The van der Waals surface area contributed by atoms with Crippen molar-refractivity contribution in [2.75, 3.05) is 25.0 Å². The van der Waals surface area contributed by atoms with Gasteiger partial charge in [-0.15, -0.1) is 0 Å². The van der Waals surface area contributed by atoms with Gasteiger partial charge in [-0.25, -0.2) is 0 Å². The molecule has 0 bridgehead atoms. The van der Waals surface area contributed by atoms with Crippen molar-refractivity contribution in [3.05, 3.63) is 28.2 Å². The Balaban J connectivity index is 2.15. The summed E-state index contributed by atoms with van der Waals surface area (Å²) in [7, 11) is 2.00. The lowest BCUT2D eigenvalue weighted by Gasteiger charge is -2.24. The molecule has 18 heavy (non-hydrogen) atoms. The first-order valence-electron chi connectivity index (χ1n) is 6.87. The molecule has 0 aliphatic heterocycles. The topological polar surface area (TPSA) is 15.3 Å². The number of nitrogens with zero attached hydrogens (tertiary/aromatic N) is 1. The van der Waals surface area contributed by atoms with Crippen molar-refractivity contribution in [2.45, 2.75) is 32.7 Å². The van der Waals surface area contributed by atoms with Gasteiger partial charge < -0.3 is 10.2 Å². The summed E-state index contributed by atoms with van der Waals surface area (Å²) < 4.78 is 1.20. The van der Waals surface area contributed by atoms with Gasteiger partial charge in [-0.1, -0.05) is 22.0 Å². The second-order valence-electron chi connectivity index (χ2n) is 5.20. The van der Waals surface area contributed by atoms with Gasteiger partial charge in [0, 0.05) is 29.3 Å². The summed E-state index contributed by atoms with van der Waals surface area (Å²) in [5.74, 6) is 0.930. The lowest BCUT2D eigenvalue weighted by molar-refractivity contribution is 0.649. The quantitative estimate of drug-likeness (QED) is 0.855. The molecule has 2 rings (SSSR count). The molecule has 1 N–H and O–H groups in total. The number of benzene rings is 1. The van der Waals surface area contributed by atoms with Crippen molar-refractivity contribution in [1.29, 1.82) is 0 Å². The zero-order chi connectivity index (χ0) is 13.1. The number of hydrogen-bond donors (Lipinski definition) is 1. The minimum Gasteiger partial charge on any atom is -0.372 e. The summed E-state index contributed by atoms with van der Waals surface area (Å²) in [5, 5.41) is 3.28. The number of halogens is 1. The smallest absolute Gasteiger partial charge is 0.0377 e. The average molecular weight is 311 g/mol. The lowest BCUT2D eigenvalue weighted by atomic mass is 10.1. The first-order chi connectivity index (χ1) is 8.65. The Morgan fingerprint density at radius 1 is 1.44 bits per heavy atom. The van der Waals surface area contributed by atoms with Gasteiger partial charge in [0.2, 0.25) is 0 Å². The van der Waals surface area contributed by atoms with E-state index in [0.717, 1.165) is 12.5 Å². The highest BCUT2D eigenvalue weighted by molar-refractivity contribution is 9.10. The Morgan fingerprint density at radius 3 is 2.67 bits per heavy atom. The summed E-state index contributed by atoms with van der Waals surface area (Å²) in [6.07, 6.45) is 2.82. The van der Waals surface area contributed by atoms with E-state index in [2.05, 4.69) is 58.2 Å². The summed E-state index contributed by atoms with van der Waals surface area (Å²) >= 11 is 3.70.